The van der Waals surface area contributed by atoms with Crippen LogP contribution in [0, 0.1) is 13.8 Å². The predicted molar refractivity (Wildman–Crippen MR) is 118 cm³/mol. The Morgan fingerprint density at radius 1 is 1.18 bits per heavy atom. The summed E-state index contributed by atoms with van der Waals surface area (Å²) in [6.45, 7) is 6.29. The van der Waals surface area contributed by atoms with Crippen molar-refractivity contribution in [2.75, 3.05) is 0 Å². The smallest absolute Gasteiger partial charge is 0.264 e. The van der Waals surface area contributed by atoms with Gasteiger partial charge in [0.2, 0.25) is 0 Å². The highest BCUT2D eigenvalue weighted by atomic mass is 32.1. The van der Waals surface area contributed by atoms with Crippen LogP contribution < -0.4 is 5.32 Å². The van der Waals surface area contributed by atoms with Gasteiger partial charge in [-0.1, -0.05) is 19.4 Å². The first-order valence-electron chi connectivity index (χ1n) is 9.47. The second-order valence-corrected chi connectivity index (χ2v) is 8.90. The fourth-order valence-corrected chi connectivity index (χ4v) is 5.45. The lowest BCUT2D eigenvalue weighted by atomic mass is 10.1. The van der Waals surface area contributed by atoms with Gasteiger partial charge in [0.05, 0.1) is 11.7 Å². The lowest BCUT2D eigenvalue weighted by Gasteiger charge is -2.18. The van der Waals surface area contributed by atoms with Crippen molar-refractivity contribution in [3.8, 4) is 5.69 Å². The summed E-state index contributed by atoms with van der Waals surface area (Å²) in [4.78, 5) is 20.7. The van der Waals surface area contributed by atoms with Crippen molar-refractivity contribution in [3.63, 3.8) is 0 Å². The van der Waals surface area contributed by atoms with Gasteiger partial charge in [-0.05, 0) is 56.0 Å². The van der Waals surface area contributed by atoms with E-state index < -0.39 is 0 Å². The summed E-state index contributed by atoms with van der Waals surface area (Å²) in [5.41, 5.74) is 3.16. The number of carbonyl (C=O) groups excluding carboxylic acids is 1. The molecule has 0 fully saturated rings. The Kier molecular flexibility index (Phi) is 5.33. The third-order valence-electron chi connectivity index (χ3n) is 4.91. The largest absolute Gasteiger partial charge is 0.344 e. The monoisotopic (exact) mass is 409 g/mol. The summed E-state index contributed by atoms with van der Waals surface area (Å²) in [5.74, 6) is -0.0302. The first-order chi connectivity index (χ1) is 13.6. The quantitative estimate of drug-likeness (QED) is 0.422. The van der Waals surface area contributed by atoms with Crippen LogP contribution in [0.25, 0.3) is 15.9 Å². The predicted octanol–water partition coefficient (Wildman–Crippen LogP) is 6.04. The molecule has 4 aromatic rings. The van der Waals surface area contributed by atoms with Crippen LogP contribution in [0.1, 0.15) is 51.7 Å². The molecule has 0 saturated carbocycles. The zero-order valence-corrected chi connectivity index (χ0v) is 17.9. The van der Waals surface area contributed by atoms with Crippen LogP contribution in [0.3, 0.4) is 0 Å². The normalized spacial score (nSPS) is 12.4. The topological polar surface area (TPSA) is 46.9 Å². The summed E-state index contributed by atoms with van der Waals surface area (Å²) in [6.07, 6.45) is 3.72. The molecule has 6 heteroatoms. The molecule has 1 atom stereocenters. The Labute approximate surface area is 172 Å². The van der Waals surface area contributed by atoms with E-state index >= 15 is 0 Å². The third kappa shape index (κ3) is 3.38. The Morgan fingerprint density at radius 3 is 2.64 bits per heavy atom. The van der Waals surface area contributed by atoms with Gasteiger partial charge in [0.15, 0.2) is 0 Å². The molecule has 1 amide bonds. The number of thiophene rings is 2. The zero-order chi connectivity index (χ0) is 19.7. The molecular formula is C22H23N3OS2. The van der Waals surface area contributed by atoms with Gasteiger partial charge in [0.1, 0.15) is 9.71 Å². The van der Waals surface area contributed by atoms with Crippen molar-refractivity contribution < 1.29 is 4.79 Å². The number of nitrogens with zero attached hydrogens (tertiary/aromatic N) is 2. The lowest BCUT2D eigenvalue weighted by Crippen LogP contribution is -2.28. The minimum absolute atomic E-state index is 0.0302. The van der Waals surface area contributed by atoms with Crippen LogP contribution in [-0.4, -0.2) is 15.5 Å². The van der Waals surface area contributed by atoms with E-state index in [0.29, 0.717) is 4.88 Å². The molecule has 4 nitrogen and oxygen atoms in total. The summed E-state index contributed by atoms with van der Waals surface area (Å²) in [7, 11) is 0. The van der Waals surface area contributed by atoms with Gasteiger partial charge in [-0.3, -0.25) is 4.79 Å². The van der Waals surface area contributed by atoms with Gasteiger partial charge in [-0.15, -0.1) is 22.7 Å². The molecule has 0 aliphatic rings. The molecule has 0 aliphatic heterocycles. The van der Waals surface area contributed by atoms with E-state index in [1.54, 1.807) is 17.5 Å². The third-order valence-corrected chi connectivity index (χ3v) is 7.00. The molecule has 0 aromatic carbocycles. The SMILES string of the molecule is CCC[C@H](NC(=O)c1sc2ncccc2c1-n1c(C)ccc1C)c1cccs1. The summed E-state index contributed by atoms with van der Waals surface area (Å²) in [6, 6.07) is 12.3. The summed E-state index contributed by atoms with van der Waals surface area (Å²) in [5, 5.41) is 6.36. The van der Waals surface area contributed by atoms with Gasteiger partial charge in [0, 0.05) is 27.8 Å². The first-order valence-corrected chi connectivity index (χ1v) is 11.2. The van der Waals surface area contributed by atoms with Crippen LogP contribution in [0.15, 0.2) is 48.0 Å². The van der Waals surface area contributed by atoms with E-state index in [0.717, 1.165) is 40.1 Å². The zero-order valence-electron chi connectivity index (χ0n) is 16.2. The standard InChI is InChI=1S/C22H23N3OS2/c1-4-7-17(18-9-6-13-27-18)24-21(26)20-19(25-14(2)10-11-15(25)3)16-8-5-12-23-22(16)28-20/h5-6,8-13,17H,4,7H2,1-3H3,(H,24,26)/t17-/m0/s1. The molecular weight excluding hydrogens is 386 g/mol. The molecule has 1 N–H and O–H groups in total. The number of rotatable bonds is 6. The molecule has 4 aromatic heterocycles. The maximum absolute atomic E-state index is 13.4. The van der Waals surface area contributed by atoms with E-state index in [1.807, 2.05) is 18.2 Å². The van der Waals surface area contributed by atoms with E-state index in [9.17, 15) is 4.79 Å². The number of hydrogen-bond donors (Lipinski definition) is 1. The summed E-state index contributed by atoms with van der Waals surface area (Å²) < 4.78 is 2.16. The minimum atomic E-state index is -0.0302. The van der Waals surface area contributed by atoms with Crippen LogP contribution in [0.2, 0.25) is 0 Å². The molecule has 0 saturated heterocycles. The van der Waals surface area contributed by atoms with E-state index in [2.05, 4.69) is 59.2 Å². The van der Waals surface area contributed by atoms with Crippen molar-refractivity contribution in [3.05, 3.63) is 69.1 Å². The number of nitrogens with one attached hydrogen (secondary N) is 1. The molecule has 0 unspecified atom stereocenters. The maximum Gasteiger partial charge on any atom is 0.264 e. The highest BCUT2D eigenvalue weighted by Crippen LogP contribution is 2.35. The van der Waals surface area contributed by atoms with Crippen molar-refractivity contribution in [1.29, 1.82) is 0 Å². The van der Waals surface area contributed by atoms with Crippen molar-refractivity contribution in [2.45, 2.75) is 39.7 Å². The van der Waals surface area contributed by atoms with Crippen molar-refractivity contribution in [2.24, 2.45) is 0 Å². The minimum Gasteiger partial charge on any atom is -0.344 e. The van der Waals surface area contributed by atoms with Crippen LogP contribution in [-0.2, 0) is 0 Å². The fraction of sp³-hybridized carbons (Fsp3) is 0.273. The number of carbonyl (C=O) groups is 1. The number of fused-ring (bicyclic) bond motifs is 1. The average molecular weight is 410 g/mol. The van der Waals surface area contributed by atoms with Crippen LogP contribution >= 0.6 is 22.7 Å². The molecule has 144 valence electrons. The van der Waals surface area contributed by atoms with Crippen LogP contribution in [0.5, 0.6) is 0 Å². The lowest BCUT2D eigenvalue weighted by molar-refractivity contribution is 0.0939. The fourth-order valence-electron chi connectivity index (χ4n) is 3.60. The molecule has 4 rings (SSSR count). The molecule has 4 heterocycles. The maximum atomic E-state index is 13.4. The van der Waals surface area contributed by atoms with E-state index in [-0.39, 0.29) is 11.9 Å². The second-order valence-electron chi connectivity index (χ2n) is 6.92. The van der Waals surface area contributed by atoms with E-state index in [1.165, 1.54) is 16.2 Å². The molecule has 0 bridgehead atoms. The first kappa shape index (κ1) is 18.9. The Bertz CT molecular complexity index is 1090. The molecule has 0 aliphatic carbocycles. The van der Waals surface area contributed by atoms with Gasteiger partial charge in [-0.2, -0.15) is 0 Å². The highest BCUT2D eigenvalue weighted by molar-refractivity contribution is 7.21. The second kappa shape index (κ2) is 7.89. The number of aryl methyl sites for hydroxylation is 2. The van der Waals surface area contributed by atoms with Gasteiger partial charge >= 0.3 is 0 Å². The molecule has 28 heavy (non-hydrogen) atoms. The van der Waals surface area contributed by atoms with E-state index in [4.69, 9.17) is 0 Å². The Balaban J connectivity index is 1.80. The Hall–Kier alpha value is -2.44. The van der Waals surface area contributed by atoms with Gasteiger partial charge in [0.25, 0.3) is 5.91 Å². The highest BCUT2D eigenvalue weighted by Gasteiger charge is 2.24. The number of amides is 1. The number of pyridine rings is 1. The van der Waals surface area contributed by atoms with Crippen molar-refractivity contribution >= 4 is 38.8 Å². The number of aromatic nitrogens is 2. The van der Waals surface area contributed by atoms with Gasteiger partial charge in [-0.25, -0.2) is 4.98 Å². The molecule has 0 radical (unpaired) electrons. The van der Waals surface area contributed by atoms with Crippen molar-refractivity contribution in [1.82, 2.24) is 14.9 Å². The van der Waals surface area contributed by atoms with Crippen LogP contribution in [0.4, 0.5) is 0 Å². The number of hydrogen-bond acceptors (Lipinski definition) is 4. The van der Waals surface area contributed by atoms with Gasteiger partial charge < -0.3 is 9.88 Å². The average Bonchev–Trinajstić information content (AvgIpc) is 3.41. The Morgan fingerprint density at radius 2 is 1.96 bits per heavy atom. The molecule has 0 spiro atoms. The summed E-state index contributed by atoms with van der Waals surface area (Å²) >= 11 is 3.16.